The number of rotatable bonds is 11. The lowest BCUT2D eigenvalue weighted by Gasteiger charge is -2.40. The maximum atomic E-state index is 13.2. The molecule has 1 saturated heterocycles. The molecule has 0 unspecified atom stereocenters. The van der Waals surface area contributed by atoms with E-state index >= 15 is 0 Å². The Labute approximate surface area is 255 Å². The van der Waals surface area contributed by atoms with Crippen LogP contribution in [0.1, 0.15) is 74.2 Å². The number of fused-ring (bicyclic) bond motifs is 1. The monoisotopic (exact) mass is 589 g/mol. The Kier molecular flexibility index (Phi) is 9.38. The van der Waals surface area contributed by atoms with Gasteiger partial charge in [-0.25, -0.2) is 4.98 Å². The van der Waals surface area contributed by atoms with E-state index in [0.717, 1.165) is 67.4 Å². The summed E-state index contributed by atoms with van der Waals surface area (Å²) >= 11 is 0. The van der Waals surface area contributed by atoms with Crippen molar-refractivity contribution in [2.45, 2.75) is 69.9 Å². The minimum atomic E-state index is -0.0280. The molecule has 3 aromatic rings. The summed E-state index contributed by atoms with van der Waals surface area (Å²) in [4.78, 5) is 23.5. The molecule has 2 aliphatic carbocycles. The first-order chi connectivity index (χ1) is 21.1. The molecule has 1 amide bonds. The van der Waals surface area contributed by atoms with Crippen LogP contribution in [0, 0.1) is 0 Å². The van der Waals surface area contributed by atoms with Crippen molar-refractivity contribution in [1.82, 2.24) is 24.7 Å². The molecule has 2 aromatic carbocycles. The highest BCUT2D eigenvalue weighted by Gasteiger charge is 2.28. The van der Waals surface area contributed by atoms with Gasteiger partial charge in [-0.15, -0.1) is 0 Å². The third-order valence-electron chi connectivity index (χ3n) is 9.75. The predicted octanol–water partition coefficient (Wildman–Crippen LogP) is 5.52. The van der Waals surface area contributed by atoms with Gasteiger partial charge >= 0.3 is 0 Å². The van der Waals surface area contributed by atoms with Crippen LogP contribution in [0.2, 0.25) is 0 Å². The van der Waals surface area contributed by atoms with E-state index in [1.54, 1.807) is 21.3 Å². The van der Waals surface area contributed by atoms with Crippen LogP contribution in [0.4, 0.5) is 0 Å². The van der Waals surface area contributed by atoms with Crippen LogP contribution in [-0.2, 0) is 0 Å². The lowest BCUT2D eigenvalue weighted by Crippen LogP contribution is -2.51. The molecular weight excluding hydrogens is 542 g/mol. The molecule has 0 spiro atoms. The van der Waals surface area contributed by atoms with E-state index in [-0.39, 0.29) is 5.91 Å². The molecule has 43 heavy (non-hydrogen) atoms. The minimum absolute atomic E-state index is 0.0280. The van der Waals surface area contributed by atoms with E-state index in [1.807, 2.05) is 30.3 Å². The molecule has 0 atom stereocenters. The number of imidazole rings is 1. The Morgan fingerprint density at radius 3 is 2.19 bits per heavy atom. The summed E-state index contributed by atoms with van der Waals surface area (Å²) in [5.41, 5.74) is 3.42. The Morgan fingerprint density at radius 1 is 0.860 bits per heavy atom. The molecule has 3 aliphatic rings. The number of aromatic nitrogens is 2. The molecule has 2 saturated carbocycles. The molecule has 6 rings (SSSR count). The van der Waals surface area contributed by atoms with Gasteiger partial charge < -0.3 is 29.0 Å². The molecular formula is C34H47N5O4. The van der Waals surface area contributed by atoms with Gasteiger partial charge in [-0.05, 0) is 75.4 Å². The van der Waals surface area contributed by atoms with Gasteiger partial charge in [0, 0.05) is 55.9 Å². The predicted molar refractivity (Wildman–Crippen MR) is 170 cm³/mol. The average Bonchev–Trinajstić information content (AvgIpc) is 3.40. The molecule has 2 heterocycles. The Hall–Kier alpha value is -3.30. The Bertz CT molecular complexity index is 1380. The molecule has 0 radical (unpaired) electrons. The van der Waals surface area contributed by atoms with Crippen LogP contribution >= 0.6 is 0 Å². The van der Waals surface area contributed by atoms with Gasteiger partial charge in [-0.2, -0.15) is 0 Å². The fraction of sp³-hybridized carbons (Fsp3) is 0.588. The van der Waals surface area contributed by atoms with Crippen molar-refractivity contribution in [3.05, 3.63) is 35.9 Å². The molecule has 9 heteroatoms. The Balaban J connectivity index is 1.11. The second-order valence-corrected chi connectivity index (χ2v) is 12.3. The highest BCUT2D eigenvalue weighted by atomic mass is 16.5. The molecule has 3 fully saturated rings. The number of piperazine rings is 1. The smallest absolute Gasteiger partial charge is 0.251 e. The summed E-state index contributed by atoms with van der Waals surface area (Å²) in [6, 6.07) is 10.9. The second-order valence-electron chi connectivity index (χ2n) is 12.3. The summed E-state index contributed by atoms with van der Waals surface area (Å²) in [5.74, 6) is 2.56. The zero-order valence-corrected chi connectivity index (χ0v) is 26.1. The van der Waals surface area contributed by atoms with Gasteiger partial charge in [0.1, 0.15) is 5.82 Å². The summed E-state index contributed by atoms with van der Waals surface area (Å²) in [7, 11) is 4.85. The van der Waals surface area contributed by atoms with Crippen LogP contribution in [-0.4, -0.2) is 91.9 Å². The van der Waals surface area contributed by atoms with E-state index in [9.17, 15) is 4.79 Å². The van der Waals surface area contributed by atoms with Crippen molar-refractivity contribution in [3.8, 4) is 28.6 Å². The van der Waals surface area contributed by atoms with Crippen LogP contribution in [0.25, 0.3) is 22.4 Å². The minimum Gasteiger partial charge on any atom is -0.493 e. The maximum absolute atomic E-state index is 13.2. The zero-order valence-electron chi connectivity index (χ0n) is 26.1. The van der Waals surface area contributed by atoms with Crippen molar-refractivity contribution in [1.29, 1.82) is 0 Å². The fourth-order valence-corrected chi connectivity index (χ4v) is 7.07. The normalized spacial score (nSPS) is 18.9. The number of carbonyl (C=O) groups is 1. The highest BCUT2D eigenvalue weighted by molar-refractivity contribution is 5.98. The molecule has 9 nitrogen and oxygen atoms in total. The van der Waals surface area contributed by atoms with E-state index < -0.39 is 0 Å². The van der Waals surface area contributed by atoms with E-state index in [0.29, 0.717) is 35.4 Å². The standard InChI is InChI=1S/C34H47N5O4/c1-41-30-22-25(23-31(42-2)32(30)43-3)33-36-28-14-13-24(21-29(28)39(33)27-11-7-12-27)34(40)35-15-8-16-37-17-19-38(20-18-37)26-9-5-4-6-10-26/h13-14,21-23,26-27H,4-12,15-20H2,1-3H3,(H,35,40). The van der Waals surface area contributed by atoms with Crippen molar-refractivity contribution in [2.75, 3.05) is 60.6 Å². The quantitative estimate of drug-likeness (QED) is 0.295. The third-order valence-corrected chi connectivity index (χ3v) is 9.75. The number of amides is 1. The summed E-state index contributed by atoms with van der Waals surface area (Å²) in [5, 5.41) is 3.17. The van der Waals surface area contributed by atoms with Gasteiger partial charge in [-0.3, -0.25) is 9.69 Å². The summed E-state index contributed by atoms with van der Waals surface area (Å²) in [6.07, 6.45) is 11.3. The first kappa shape index (κ1) is 29.8. The maximum Gasteiger partial charge on any atom is 0.251 e. The van der Waals surface area contributed by atoms with Crippen LogP contribution in [0.5, 0.6) is 17.2 Å². The molecule has 1 aliphatic heterocycles. The number of benzene rings is 2. The van der Waals surface area contributed by atoms with Gasteiger partial charge in [0.2, 0.25) is 5.75 Å². The van der Waals surface area contributed by atoms with Gasteiger partial charge in [0.05, 0.1) is 32.4 Å². The zero-order chi connectivity index (χ0) is 29.8. The first-order valence-electron chi connectivity index (χ1n) is 16.2. The third kappa shape index (κ3) is 6.34. The molecule has 0 bridgehead atoms. The number of nitrogens with one attached hydrogen (secondary N) is 1. The second kappa shape index (κ2) is 13.6. The molecule has 1 N–H and O–H groups in total. The van der Waals surface area contributed by atoms with E-state index in [2.05, 4.69) is 19.7 Å². The van der Waals surface area contributed by atoms with E-state index in [1.165, 1.54) is 51.6 Å². The van der Waals surface area contributed by atoms with Crippen molar-refractivity contribution in [3.63, 3.8) is 0 Å². The van der Waals surface area contributed by atoms with Gasteiger partial charge in [-0.1, -0.05) is 19.3 Å². The number of hydrogen-bond acceptors (Lipinski definition) is 7. The van der Waals surface area contributed by atoms with Gasteiger partial charge in [0.25, 0.3) is 5.91 Å². The number of ether oxygens (including phenoxy) is 3. The van der Waals surface area contributed by atoms with E-state index in [4.69, 9.17) is 19.2 Å². The highest BCUT2D eigenvalue weighted by Crippen LogP contribution is 2.44. The Morgan fingerprint density at radius 2 is 1.56 bits per heavy atom. The van der Waals surface area contributed by atoms with Crippen LogP contribution < -0.4 is 19.5 Å². The lowest BCUT2D eigenvalue weighted by molar-refractivity contribution is 0.0779. The van der Waals surface area contributed by atoms with Crippen LogP contribution in [0.15, 0.2) is 30.3 Å². The summed E-state index contributed by atoms with van der Waals surface area (Å²) < 4.78 is 19.1. The van der Waals surface area contributed by atoms with Crippen molar-refractivity contribution >= 4 is 16.9 Å². The molecule has 1 aromatic heterocycles. The average molecular weight is 590 g/mol. The number of methoxy groups -OCH3 is 3. The first-order valence-corrected chi connectivity index (χ1v) is 16.2. The van der Waals surface area contributed by atoms with Crippen molar-refractivity contribution < 1.29 is 19.0 Å². The lowest BCUT2D eigenvalue weighted by atomic mass is 9.92. The molecule has 232 valence electrons. The fourth-order valence-electron chi connectivity index (χ4n) is 7.07. The largest absolute Gasteiger partial charge is 0.493 e. The number of nitrogens with zero attached hydrogens (tertiary/aromatic N) is 4. The topological polar surface area (TPSA) is 81.1 Å². The number of hydrogen-bond donors (Lipinski definition) is 1. The summed E-state index contributed by atoms with van der Waals surface area (Å²) in [6.45, 7) is 6.36. The van der Waals surface area contributed by atoms with Crippen molar-refractivity contribution in [2.24, 2.45) is 0 Å². The van der Waals surface area contributed by atoms with Crippen LogP contribution in [0.3, 0.4) is 0 Å². The SMILES string of the molecule is COc1cc(-c2nc3ccc(C(=O)NCCCN4CCN(C5CCCCC5)CC4)cc3n2C2CCC2)cc(OC)c1OC. The number of carbonyl (C=O) groups excluding carboxylic acids is 1. The van der Waals surface area contributed by atoms with Gasteiger partial charge in [0.15, 0.2) is 11.5 Å².